The van der Waals surface area contributed by atoms with E-state index in [1.807, 2.05) is 6.07 Å². The van der Waals surface area contributed by atoms with Gasteiger partial charge in [-0.15, -0.1) is 0 Å². The number of hydrogen-bond acceptors (Lipinski definition) is 3. The number of rotatable bonds is 2. The first-order chi connectivity index (χ1) is 7.68. The zero-order valence-electron chi connectivity index (χ0n) is 8.21. The molecule has 0 bridgehead atoms. The number of aromatic nitrogens is 1. The number of aromatic amines is 1. The molecule has 5 heteroatoms. The van der Waals surface area contributed by atoms with E-state index in [1.165, 1.54) is 12.1 Å². The molecular formula is C11H8N2O3. The maximum Gasteiger partial charge on any atom is 0.339 e. The van der Waals surface area contributed by atoms with Gasteiger partial charge in [0, 0.05) is 6.07 Å². The van der Waals surface area contributed by atoms with Crippen LogP contribution in [0.15, 0.2) is 47.3 Å². The van der Waals surface area contributed by atoms with Gasteiger partial charge in [-0.05, 0) is 16.6 Å². The van der Waals surface area contributed by atoms with E-state index in [0.29, 0.717) is 5.56 Å². The summed E-state index contributed by atoms with van der Waals surface area (Å²) < 4.78 is 0. The average molecular weight is 216 g/mol. The summed E-state index contributed by atoms with van der Waals surface area (Å²) in [6, 6.07) is 11.7. The quantitative estimate of drug-likeness (QED) is 0.615. The number of H-pyrrole nitrogens is 1. The SMILES string of the molecule is O=c1[nH]c([N+](=O)[O-])ccc1-c1ccccc1. The second-order valence-electron chi connectivity index (χ2n) is 3.21. The van der Waals surface area contributed by atoms with Gasteiger partial charge in [0.15, 0.2) is 0 Å². The monoisotopic (exact) mass is 216 g/mol. The molecule has 0 saturated heterocycles. The van der Waals surface area contributed by atoms with Crippen LogP contribution in [0.2, 0.25) is 0 Å². The molecule has 2 aromatic rings. The summed E-state index contributed by atoms with van der Waals surface area (Å²) in [5.41, 5.74) is 0.699. The highest BCUT2D eigenvalue weighted by Crippen LogP contribution is 2.15. The third-order valence-electron chi connectivity index (χ3n) is 2.18. The smallest absolute Gasteiger partial charge is 0.339 e. The van der Waals surface area contributed by atoms with E-state index in [2.05, 4.69) is 4.98 Å². The van der Waals surface area contributed by atoms with E-state index < -0.39 is 10.5 Å². The molecule has 0 amide bonds. The van der Waals surface area contributed by atoms with Crippen LogP contribution in [0.4, 0.5) is 5.82 Å². The van der Waals surface area contributed by atoms with E-state index in [0.717, 1.165) is 5.56 Å². The van der Waals surface area contributed by atoms with Crippen LogP contribution in [0.1, 0.15) is 0 Å². The third kappa shape index (κ3) is 1.83. The van der Waals surface area contributed by atoms with Crippen LogP contribution >= 0.6 is 0 Å². The largest absolute Gasteiger partial charge is 0.358 e. The zero-order chi connectivity index (χ0) is 11.5. The van der Waals surface area contributed by atoms with Crippen molar-refractivity contribution in [1.82, 2.24) is 4.98 Å². The first-order valence-corrected chi connectivity index (χ1v) is 4.61. The Hall–Kier alpha value is -2.43. The molecule has 1 aromatic heterocycles. The average Bonchev–Trinajstić information content (AvgIpc) is 2.30. The molecule has 0 saturated carbocycles. The molecule has 16 heavy (non-hydrogen) atoms. The van der Waals surface area contributed by atoms with Crippen molar-refractivity contribution in [2.45, 2.75) is 0 Å². The summed E-state index contributed by atoms with van der Waals surface area (Å²) in [6.07, 6.45) is 0. The molecular weight excluding hydrogens is 208 g/mol. The van der Waals surface area contributed by atoms with Gasteiger partial charge < -0.3 is 10.1 Å². The van der Waals surface area contributed by atoms with E-state index in [9.17, 15) is 14.9 Å². The van der Waals surface area contributed by atoms with Gasteiger partial charge in [-0.1, -0.05) is 30.3 Å². The Morgan fingerprint density at radius 3 is 2.31 bits per heavy atom. The van der Waals surface area contributed by atoms with Crippen molar-refractivity contribution >= 4 is 5.82 Å². The predicted molar refractivity (Wildman–Crippen MR) is 59.2 cm³/mol. The Morgan fingerprint density at radius 2 is 1.75 bits per heavy atom. The highest BCUT2D eigenvalue weighted by atomic mass is 16.6. The van der Waals surface area contributed by atoms with Crippen LogP contribution in [-0.4, -0.2) is 9.91 Å². The maximum atomic E-state index is 11.6. The number of benzene rings is 1. The number of nitro groups is 1. The fourth-order valence-corrected chi connectivity index (χ4v) is 1.41. The van der Waals surface area contributed by atoms with Crippen LogP contribution in [0.25, 0.3) is 11.1 Å². The first-order valence-electron chi connectivity index (χ1n) is 4.61. The minimum Gasteiger partial charge on any atom is -0.358 e. The van der Waals surface area contributed by atoms with Crippen molar-refractivity contribution in [1.29, 1.82) is 0 Å². The number of pyridine rings is 1. The molecule has 1 heterocycles. The van der Waals surface area contributed by atoms with E-state index in [1.54, 1.807) is 24.3 Å². The van der Waals surface area contributed by atoms with Crippen LogP contribution in [0.5, 0.6) is 0 Å². The summed E-state index contributed by atoms with van der Waals surface area (Å²) >= 11 is 0. The highest BCUT2D eigenvalue weighted by Gasteiger charge is 2.09. The summed E-state index contributed by atoms with van der Waals surface area (Å²) in [5, 5.41) is 10.4. The lowest BCUT2D eigenvalue weighted by Crippen LogP contribution is -2.10. The van der Waals surface area contributed by atoms with E-state index >= 15 is 0 Å². The van der Waals surface area contributed by atoms with Crippen LogP contribution < -0.4 is 5.56 Å². The molecule has 2 rings (SSSR count). The van der Waals surface area contributed by atoms with Crippen molar-refractivity contribution in [2.24, 2.45) is 0 Å². The topological polar surface area (TPSA) is 76.0 Å². The fourth-order valence-electron chi connectivity index (χ4n) is 1.41. The second kappa shape index (κ2) is 3.98. The molecule has 0 spiro atoms. The summed E-state index contributed by atoms with van der Waals surface area (Å²) in [4.78, 5) is 23.6. The van der Waals surface area contributed by atoms with Gasteiger partial charge in [-0.2, -0.15) is 0 Å². The zero-order valence-corrected chi connectivity index (χ0v) is 8.21. The standard InChI is InChI=1S/C11H8N2O3/c14-11-9(8-4-2-1-3-5-8)6-7-10(12-11)13(15)16/h1-7H,(H,12,14). The van der Waals surface area contributed by atoms with Crippen LogP contribution in [-0.2, 0) is 0 Å². The van der Waals surface area contributed by atoms with Crippen molar-refractivity contribution < 1.29 is 4.92 Å². The van der Waals surface area contributed by atoms with Crippen molar-refractivity contribution in [3.05, 3.63) is 62.9 Å². The van der Waals surface area contributed by atoms with E-state index in [4.69, 9.17) is 0 Å². The molecule has 0 fully saturated rings. The Morgan fingerprint density at radius 1 is 1.06 bits per heavy atom. The lowest BCUT2D eigenvalue weighted by Gasteiger charge is -1.98. The normalized spacial score (nSPS) is 10.0. The molecule has 5 nitrogen and oxygen atoms in total. The van der Waals surface area contributed by atoms with Crippen LogP contribution in [0.3, 0.4) is 0 Å². The lowest BCUT2D eigenvalue weighted by molar-refractivity contribution is -0.389. The van der Waals surface area contributed by atoms with Gasteiger partial charge in [0.05, 0.1) is 5.56 Å². The summed E-state index contributed by atoms with van der Waals surface area (Å²) in [6.45, 7) is 0. The van der Waals surface area contributed by atoms with Gasteiger partial charge >= 0.3 is 11.4 Å². The first kappa shape index (κ1) is 10.1. The van der Waals surface area contributed by atoms with Crippen molar-refractivity contribution in [3.63, 3.8) is 0 Å². The molecule has 0 aliphatic rings. The molecule has 1 N–H and O–H groups in total. The summed E-state index contributed by atoms with van der Waals surface area (Å²) in [7, 11) is 0. The molecule has 0 aliphatic heterocycles. The van der Waals surface area contributed by atoms with Crippen molar-refractivity contribution in [3.8, 4) is 11.1 Å². The predicted octanol–water partition coefficient (Wildman–Crippen LogP) is 1.95. The second-order valence-corrected chi connectivity index (χ2v) is 3.21. The molecule has 0 aliphatic carbocycles. The molecule has 0 atom stereocenters. The minimum absolute atomic E-state index is 0.301. The molecule has 80 valence electrons. The molecule has 0 unspecified atom stereocenters. The lowest BCUT2D eigenvalue weighted by atomic mass is 10.1. The highest BCUT2D eigenvalue weighted by molar-refractivity contribution is 5.62. The molecule has 1 aromatic carbocycles. The Kier molecular flexibility index (Phi) is 2.51. The van der Waals surface area contributed by atoms with E-state index in [-0.39, 0.29) is 5.82 Å². The minimum atomic E-state index is -0.629. The van der Waals surface area contributed by atoms with Gasteiger partial charge in [-0.25, -0.2) is 9.78 Å². The molecule has 0 radical (unpaired) electrons. The van der Waals surface area contributed by atoms with Gasteiger partial charge in [0.2, 0.25) is 0 Å². The number of nitrogens with zero attached hydrogens (tertiary/aromatic N) is 1. The third-order valence-corrected chi connectivity index (χ3v) is 2.18. The van der Waals surface area contributed by atoms with Crippen molar-refractivity contribution in [2.75, 3.05) is 0 Å². The Bertz CT molecular complexity index is 575. The number of hydrogen-bond donors (Lipinski definition) is 1. The fraction of sp³-hybridized carbons (Fsp3) is 0. The van der Waals surface area contributed by atoms with Crippen LogP contribution in [0, 0.1) is 10.1 Å². The Labute approximate surface area is 90.5 Å². The Balaban J connectivity index is 2.53. The van der Waals surface area contributed by atoms with Gasteiger partial charge in [0.1, 0.15) is 0 Å². The van der Waals surface area contributed by atoms with Gasteiger partial charge in [-0.3, -0.25) is 0 Å². The number of nitrogens with one attached hydrogen (secondary N) is 1. The van der Waals surface area contributed by atoms with Gasteiger partial charge in [0.25, 0.3) is 0 Å². The maximum absolute atomic E-state index is 11.6. The summed E-state index contributed by atoms with van der Waals surface area (Å²) in [5.74, 6) is -0.301.